The van der Waals surface area contributed by atoms with Gasteiger partial charge in [0.2, 0.25) is 5.91 Å². The third kappa shape index (κ3) is 4.83. The van der Waals surface area contributed by atoms with Crippen LogP contribution in [0.1, 0.15) is 35.7 Å². The van der Waals surface area contributed by atoms with E-state index in [9.17, 15) is 9.59 Å². The summed E-state index contributed by atoms with van der Waals surface area (Å²) >= 11 is 1.27. The van der Waals surface area contributed by atoms with E-state index in [0.29, 0.717) is 16.8 Å². The molecule has 0 aliphatic carbocycles. The highest BCUT2D eigenvalue weighted by Crippen LogP contribution is 2.25. The molecule has 150 valence electrons. The first-order valence-corrected chi connectivity index (χ1v) is 10.2. The number of amides is 2. The Morgan fingerprint density at radius 3 is 2.45 bits per heavy atom. The van der Waals surface area contributed by atoms with Crippen molar-refractivity contribution >= 4 is 29.3 Å². The lowest BCUT2D eigenvalue weighted by molar-refractivity contribution is -0.113. The molecule has 0 saturated heterocycles. The third-order valence-corrected chi connectivity index (χ3v) is 5.49. The fourth-order valence-corrected chi connectivity index (χ4v) is 3.54. The standard InChI is InChI=1S/C21H23N5O2S/c1-13(2)14-8-10-15(11-9-14)20-24-25-21(26(20)3)29-12-18(27)23-17-7-5-4-6-16(17)19(22)28/h4-11,13H,12H2,1-3H3,(H2,22,28)(H,23,27). The van der Waals surface area contributed by atoms with Gasteiger partial charge in [0.1, 0.15) is 0 Å². The van der Waals surface area contributed by atoms with E-state index < -0.39 is 5.91 Å². The highest BCUT2D eigenvalue weighted by Gasteiger charge is 2.15. The van der Waals surface area contributed by atoms with Crippen LogP contribution in [0.3, 0.4) is 0 Å². The Morgan fingerprint density at radius 2 is 1.79 bits per heavy atom. The smallest absolute Gasteiger partial charge is 0.250 e. The summed E-state index contributed by atoms with van der Waals surface area (Å²) in [6, 6.07) is 14.9. The molecule has 2 aromatic carbocycles. The van der Waals surface area contributed by atoms with E-state index in [1.54, 1.807) is 24.3 Å². The number of benzene rings is 2. The van der Waals surface area contributed by atoms with Gasteiger partial charge in [0, 0.05) is 12.6 Å². The maximum atomic E-state index is 12.3. The SMILES string of the molecule is CC(C)c1ccc(-c2nnc(SCC(=O)Nc3ccccc3C(N)=O)n2C)cc1. The minimum absolute atomic E-state index is 0.130. The summed E-state index contributed by atoms with van der Waals surface area (Å²) in [7, 11) is 1.87. The van der Waals surface area contributed by atoms with E-state index in [1.807, 2.05) is 23.7 Å². The zero-order valence-electron chi connectivity index (χ0n) is 16.5. The Morgan fingerprint density at radius 1 is 1.10 bits per heavy atom. The van der Waals surface area contributed by atoms with Crippen LogP contribution in [0.4, 0.5) is 5.69 Å². The lowest BCUT2D eigenvalue weighted by Gasteiger charge is -2.09. The molecule has 0 aliphatic heterocycles. The maximum absolute atomic E-state index is 12.3. The number of hydrogen-bond donors (Lipinski definition) is 2. The Kier molecular flexibility index (Phi) is 6.33. The van der Waals surface area contributed by atoms with Gasteiger partial charge in [-0.1, -0.05) is 62.0 Å². The number of primary amides is 1. The maximum Gasteiger partial charge on any atom is 0.250 e. The Labute approximate surface area is 173 Å². The second-order valence-electron chi connectivity index (χ2n) is 6.89. The molecule has 3 aromatic rings. The minimum atomic E-state index is -0.588. The first-order chi connectivity index (χ1) is 13.9. The normalized spacial score (nSPS) is 10.9. The Hall–Kier alpha value is -3.13. The van der Waals surface area contributed by atoms with Gasteiger partial charge in [-0.05, 0) is 23.6 Å². The molecule has 7 nitrogen and oxygen atoms in total. The van der Waals surface area contributed by atoms with Gasteiger partial charge < -0.3 is 15.6 Å². The number of para-hydroxylation sites is 1. The first-order valence-electron chi connectivity index (χ1n) is 9.18. The molecule has 0 atom stereocenters. The highest BCUT2D eigenvalue weighted by molar-refractivity contribution is 7.99. The van der Waals surface area contributed by atoms with Gasteiger partial charge >= 0.3 is 0 Å². The van der Waals surface area contributed by atoms with Gasteiger partial charge in [0.25, 0.3) is 5.91 Å². The second-order valence-corrected chi connectivity index (χ2v) is 7.83. The molecule has 29 heavy (non-hydrogen) atoms. The van der Waals surface area contributed by atoms with Gasteiger partial charge in [0.15, 0.2) is 11.0 Å². The molecule has 0 spiro atoms. The van der Waals surface area contributed by atoms with E-state index in [4.69, 9.17) is 5.73 Å². The minimum Gasteiger partial charge on any atom is -0.366 e. The van der Waals surface area contributed by atoms with Gasteiger partial charge in [-0.3, -0.25) is 9.59 Å². The third-order valence-electron chi connectivity index (χ3n) is 4.47. The summed E-state index contributed by atoms with van der Waals surface area (Å²) in [6.07, 6.45) is 0. The van der Waals surface area contributed by atoms with Crippen molar-refractivity contribution < 1.29 is 9.59 Å². The van der Waals surface area contributed by atoms with E-state index in [-0.39, 0.29) is 17.2 Å². The summed E-state index contributed by atoms with van der Waals surface area (Å²) in [4.78, 5) is 23.8. The predicted octanol–water partition coefficient (Wildman–Crippen LogP) is 3.44. The van der Waals surface area contributed by atoms with Gasteiger partial charge in [0.05, 0.1) is 17.0 Å². The molecule has 0 saturated carbocycles. The zero-order valence-corrected chi connectivity index (χ0v) is 17.4. The fourth-order valence-electron chi connectivity index (χ4n) is 2.83. The van der Waals surface area contributed by atoms with Crippen LogP contribution in [0.2, 0.25) is 0 Å². The van der Waals surface area contributed by atoms with Crippen LogP contribution in [0.5, 0.6) is 0 Å². The van der Waals surface area contributed by atoms with Crippen molar-refractivity contribution in [2.24, 2.45) is 12.8 Å². The molecule has 0 unspecified atom stereocenters. The van der Waals surface area contributed by atoms with E-state index >= 15 is 0 Å². The number of aromatic nitrogens is 3. The van der Waals surface area contributed by atoms with Crippen molar-refractivity contribution in [2.75, 3.05) is 11.1 Å². The monoisotopic (exact) mass is 409 g/mol. The average Bonchev–Trinajstić information content (AvgIpc) is 3.07. The van der Waals surface area contributed by atoms with Gasteiger partial charge in [-0.15, -0.1) is 10.2 Å². The average molecular weight is 410 g/mol. The molecule has 3 rings (SSSR count). The van der Waals surface area contributed by atoms with Crippen molar-refractivity contribution in [1.29, 1.82) is 0 Å². The van der Waals surface area contributed by atoms with E-state index in [2.05, 4.69) is 41.5 Å². The number of rotatable bonds is 7. The molecular weight excluding hydrogens is 386 g/mol. The lowest BCUT2D eigenvalue weighted by Crippen LogP contribution is -2.19. The van der Waals surface area contributed by atoms with Crippen molar-refractivity contribution in [3.05, 3.63) is 59.7 Å². The molecular formula is C21H23N5O2S. The number of thioether (sulfide) groups is 1. The Bertz CT molecular complexity index is 1030. The van der Waals surface area contributed by atoms with Crippen LogP contribution in [0.15, 0.2) is 53.7 Å². The number of hydrogen-bond acceptors (Lipinski definition) is 5. The lowest BCUT2D eigenvalue weighted by atomic mass is 10.0. The summed E-state index contributed by atoms with van der Waals surface area (Å²) in [6.45, 7) is 4.30. The molecule has 0 radical (unpaired) electrons. The number of anilines is 1. The quantitative estimate of drug-likeness (QED) is 0.582. The second kappa shape index (κ2) is 8.91. The van der Waals surface area contributed by atoms with E-state index in [1.165, 1.54) is 17.3 Å². The van der Waals surface area contributed by atoms with Crippen LogP contribution in [0, 0.1) is 0 Å². The Balaban J connectivity index is 1.66. The number of carbonyl (C=O) groups is 2. The van der Waals surface area contributed by atoms with Crippen LogP contribution in [-0.4, -0.2) is 32.3 Å². The molecule has 8 heteroatoms. The summed E-state index contributed by atoms with van der Waals surface area (Å²) < 4.78 is 1.86. The molecule has 1 heterocycles. The van der Waals surface area contributed by atoms with Crippen LogP contribution < -0.4 is 11.1 Å². The van der Waals surface area contributed by atoms with Gasteiger partial charge in [-0.2, -0.15) is 0 Å². The predicted molar refractivity (Wildman–Crippen MR) is 115 cm³/mol. The number of nitrogens with one attached hydrogen (secondary N) is 1. The number of nitrogens with zero attached hydrogens (tertiary/aromatic N) is 3. The van der Waals surface area contributed by atoms with Crippen molar-refractivity contribution in [2.45, 2.75) is 24.9 Å². The van der Waals surface area contributed by atoms with Crippen molar-refractivity contribution in [1.82, 2.24) is 14.8 Å². The molecule has 3 N–H and O–H groups in total. The molecule has 0 aliphatic rings. The van der Waals surface area contributed by atoms with Gasteiger partial charge in [-0.25, -0.2) is 0 Å². The summed E-state index contributed by atoms with van der Waals surface area (Å²) in [5.74, 6) is 0.491. The molecule has 0 bridgehead atoms. The van der Waals surface area contributed by atoms with Crippen LogP contribution >= 0.6 is 11.8 Å². The summed E-state index contributed by atoms with van der Waals surface area (Å²) in [5.41, 5.74) is 8.25. The molecule has 1 aromatic heterocycles. The number of nitrogens with two attached hydrogens (primary N) is 1. The van der Waals surface area contributed by atoms with E-state index in [0.717, 1.165) is 11.4 Å². The summed E-state index contributed by atoms with van der Waals surface area (Å²) in [5, 5.41) is 11.8. The topological polar surface area (TPSA) is 103 Å². The fraction of sp³-hybridized carbons (Fsp3) is 0.238. The van der Waals surface area contributed by atoms with Crippen LogP contribution in [0.25, 0.3) is 11.4 Å². The van der Waals surface area contributed by atoms with Crippen LogP contribution in [-0.2, 0) is 11.8 Å². The zero-order chi connectivity index (χ0) is 21.0. The largest absolute Gasteiger partial charge is 0.366 e. The van der Waals surface area contributed by atoms with Crippen molar-refractivity contribution in [3.63, 3.8) is 0 Å². The first kappa shape index (κ1) is 20.6. The van der Waals surface area contributed by atoms with Crippen molar-refractivity contribution in [3.8, 4) is 11.4 Å². The molecule has 2 amide bonds. The highest BCUT2D eigenvalue weighted by atomic mass is 32.2. The number of carbonyl (C=O) groups excluding carboxylic acids is 2. The molecule has 0 fully saturated rings.